The molecule has 0 bridgehead atoms. The fourth-order valence-corrected chi connectivity index (χ4v) is 3.60. The zero-order valence-corrected chi connectivity index (χ0v) is 13.8. The zero-order valence-electron chi connectivity index (χ0n) is 13.8. The van der Waals surface area contributed by atoms with E-state index in [0.29, 0.717) is 13.1 Å². The van der Waals surface area contributed by atoms with Gasteiger partial charge in [-0.2, -0.15) is 0 Å². The molecule has 0 saturated carbocycles. The second kappa shape index (κ2) is 6.02. The first-order chi connectivity index (χ1) is 11.6. The van der Waals surface area contributed by atoms with Crippen molar-refractivity contribution in [3.63, 3.8) is 0 Å². The van der Waals surface area contributed by atoms with E-state index in [9.17, 15) is 9.18 Å². The molecular formula is C18H21FN4O. The highest BCUT2D eigenvalue weighted by Crippen LogP contribution is 2.31. The fraction of sp³-hybridized carbons (Fsp3) is 0.444. The minimum absolute atomic E-state index is 0.165. The number of carbonyl (C=O) groups is 1. The number of benzene rings is 1. The Kier molecular flexibility index (Phi) is 3.84. The molecule has 0 aliphatic carbocycles. The summed E-state index contributed by atoms with van der Waals surface area (Å²) in [7, 11) is 1.96. The molecule has 24 heavy (non-hydrogen) atoms. The van der Waals surface area contributed by atoms with Crippen molar-refractivity contribution in [1.29, 1.82) is 0 Å². The van der Waals surface area contributed by atoms with Gasteiger partial charge < -0.3 is 9.47 Å². The Morgan fingerprint density at radius 3 is 2.71 bits per heavy atom. The lowest BCUT2D eigenvalue weighted by atomic mass is 9.95. The van der Waals surface area contributed by atoms with E-state index in [1.54, 1.807) is 18.5 Å². The van der Waals surface area contributed by atoms with Gasteiger partial charge in [0.15, 0.2) is 0 Å². The van der Waals surface area contributed by atoms with Crippen molar-refractivity contribution in [1.82, 2.24) is 19.4 Å². The lowest BCUT2D eigenvalue weighted by Crippen LogP contribution is -2.48. The van der Waals surface area contributed by atoms with E-state index in [1.165, 1.54) is 12.1 Å². The molecule has 1 fully saturated rings. The normalized spacial score (nSPS) is 20.6. The van der Waals surface area contributed by atoms with Gasteiger partial charge in [0.05, 0.1) is 23.6 Å². The number of hydrogen-bond acceptors (Lipinski definition) is 3. The molecule has 126 valence electrons. The molecule has 3 heterocycles. The molecule has 2 aliphatic rings. The van der Waals surface area contributed by atoms with Gasteiger partial charge in [-0.25, -0.2) is 9.37 Å². The maximum absolute atomic E-state index is 13.1. The van der Waals surface area contributed by atoms with Gasteiger partial charge in [0.1, 0.15) is 5.82 Å². The lowest BCUT2D eigenvalue weighted by Gasteiger charge is -2.38. The molecule has 0 radical (unpaired) electrons. The predicted molar refractivity (Wildman–Crippen MR) is 87.7 cm³/mol. The van der Waals surface area contributed by atoms with Crippen molar-refractivity contribution >= 4 is 5.91 Å². The minimum atomic E-state index is -0.227. The summed E-state index contributed by atoms with van der Waals surface area (Å²) in [4.78, 5) is 21.5. The number of aromatic nitrogens is 2. The van der Waals surface area contributed by atoms with E-state index in [2.05, 4.69) is 9.88 Å². The SMILES string of the molecule is Cn1cnc2c1[C@H](C(=O)N1CCC1)CN(Cc1ccc(F)cc1)C2. The van der Waals surface area contributed by atoms with Crippen molar-refractivity contribution in [2.75, 3.05) is 19.6 Å². The van der Waals surface area contributed by atoms with Gasteiger partial charge in [-0.3, -0.25) is 9.69 Å². The van der Waals surface area contributed by atoms with Gasteiger partial charge >= 0.3 is 0 Å². The highest BCUT2D eigenvalue weighted by atomic mass is 19.1. The maximum Gasteiger partial charge on any atom is 0.233 e. The van der Waals surface area contributed by atoms with Crippen LogP contribution in [-0.2, 0) is 24.9 Å². The quantitative estimate of drug-likeness (QED) is 0.864. The van der Waals surface area contributed by atoms with Crippen LogP contribution < -0.4 is 0 Å². The standard InChI is InChI=1S/C18H21FN4O/c1-21-12-20-16-11-22(9-13-3-5-14(19)6-4-13)10-15(17(16)21)18(24)23-7-2-8-23/h3-6,12,15H,2,7-11H2,1H3/t15-/m1/s1. The van der Waals surface area contributed by atoms with Gasteiger partial charge in [-0.1, -0.05) is 12.1 Å². The number of imidazole rings is 1. The zero-order chi connectivity index (χ0) is 16.7. The number of nitrogens with zero attached hydrogens (tertiary/aromatic N) is 4. The molecular weight excluding hydrogens is 307 g/mol. The highest BCUT2D eigenvalue weighted by Gasteiger charge is 2.37. The van der Waals surface area contributed by atoms with E-state index in [-0.39, 0.29) is 17.6 Å². The number of aryl methyl sites for hydroxylation is 1. The molecule has 0 spiro atoms. The average Bonchev–Trinajstić information content (AvgIpc) is 2.88. The summed E-state index contributed by atoms with van der Waals surface area (Å²) in [5.74, 6) is -0.188. The topological polar surface area (TPSA) is 41.4 Å². The monoisotopic (exact) mass is 328 g/mol. The van der Waals surface area contributed by atoms with Gasteiger partial charge in [-0.15, -0.1) is 0 Å². The van der Waals surface area contributed by atoms with Crippen LogP contribution in [0.15, 0.2) is 30.6 Å². The Bertz CT molecular complexity index is 751. The fourth-order valence-electron chi connectivity index (χ4n) is 3.60. The second-order valence-corrected chi connectivity index (χ2v) is 6.71. The van der Waals surface area contributed by atoms with Crippen LogP contribution in [0.25, 0.3) is 0 Å². The van der Waals surface area contributed by atoms with Crippen molar-refractivity contribution < 1.29 is 9.18 Å². The largest absolute Gasteiger partial charge is 0.342 e. The summed E-state index contributed by atoms with van der Waals surface area (Å²) in [5.41, 5.74) is 3.07. The van der Waals surface area contributed by atoms with Crippen molar-refractivity contribution in [2.24, 2.45) is 7.05 Å². The Morgan fingerprint density at radius 1 is 1.29 bits per heavy atom. The number of likely N-dealkylation sites (tertiary alicyclic amines) is 1. The van der Waals surface area contributed by atoms with E-state index >= 15 is 0 Å². The maximum atomic E-state index is 13.1. The molecule has 1 aromatic heterocycles. The van der Waals surface area contributed by atoms with Crippen LogP contribution in [-0.4, -0.2) is 44.9 Å². The number of rotatable bonds is 3. The van der Waals surface area contributed by atoms with Crippen molar-refractivity contribution in [2.45, 2.75) is 25.4 Å². The molecule has 1 atom stereocenters. The molecule has 2 aromatic rings. The van der Waals surface area contributed by atoms with Gasteiger partial charge in [-0.05, 0) is 24.1 Å². The first kappa shape index (κ1) is 15.3. The molecule has 0 unspecified atom stereocenters. The summed E-state index contributed by atoms with van der Waals surface area (Å²) in [6, 6.07) is 6.56. The summed E-state index contributed by atoms with van der Waals surface area (Å²) >= 11 is 0. The third-order valence-corrected chi connectivity index (χ3v) is 4.99. The molecule has 6 heteroatoms. The molecule has 1 aromatic carbocycles. The van der Waals surface area contributed by atoms with Crippen molar-refractivity contribution in [3.8, 4) is 0 Å². The summed E-state index contributed by atoms with van der Waals surface area (Å²) in [6.45, 7) is 3.82. The molecule has 1 saturated heterocycles. The number of fused-ring (bicyclic) bond motifs is 1. The van der Waals surface area contributed by atoms with E-state index in [1.807, 2.05) is 16.5 Å². The lowest BCUT2D eigenvalue weighted by molar-refractivity contribution is -0.137. The molecule has 5 nitrogen and oxygen atoms in total. The Balaban J connectivity index is 1.58. The Hall–Kier alpha value is -2.21. The third kappa shape index (κ3) is 2.71. The molecule has 1 amide bonds. The second-order valence-electron chi connectivity index (χ2n) is 6.71. The Morgan fingerprint density at radius 2 is 2.04 bits per heavy atom. The van der Waals surface area contributed by atoms with Gasteiger partial charge in [0.2, 0.25) is 5.91 Å². The van der Waals surface area contributed by atoms with E-state index in [4.69, 9.17) is 0 Å². The van der Waals surface area contributed by atoms with Crippen LogP contribution in [0.1, 0.15) is 29.3 Å². The van der Waals surface area contributed by atoms with Crippen molar-refractivity contribution in [3.05, 3.63) is 53.4 Å². The van der Waals surface area contributed by atoms with Crippen LogP contribution in [0.5, 0.6) is 0 Å². The number of hydrogen-bond donors (Lipinski definition) is 0. The predicted octanol–water partition coefficient (Wildman–Crippen LogP) is 1.89. The van der Waals surface area contributed by atoms with Gasteiger partial charge in [0, 0.05) is 39.8 Å². The molecule has 2 aliphatic heterocycles. The van der Waals surface area contributed by atoms with Crippen LogP contribution in [0.2, 0.25) is 0 Å². The smallest absolute Gasteiger partial charge is 0.233 e. The average molecular weight is 328 g/mol. The number of carbonyl (C=O) groups excluding carboxylic acids is 1. The summed E-state index contributed by atoms with van der Waals surface area (Å²) in [6.07, 6.45) is 2.89. The summed E-state index contributed by atoms with van der Waals surface area (Å²) in [5, 5.41) is 0. The van der Waals surface area contributed by atoms with Gasteiger partial charge in [0.25, 0.3) is 0 Å². The van der Waals surface area contributed by atoms with Crippen LogP contribution in [0, 0.1) is 5.82 Å². The van der Waals surface area contributed by atoms with Crippen LogP contribution >= 0.6 is 0 Å². The minimum Gasteiger partial charge on any atom is -0.342 e. The van der Waals surface area contributed by atoms with E-state index < -0.39 is 0 Å². The first-order valence-corrected chi connectivity index (χ1v) is 8.37. The molecule has 4 rings (SSSR count). The number of amides is 1. The number of halogens is 1. The highest BCUT2D eigenvalue weighted by molar-refractivity contribution is 5.84. The summed E-state index contributed by atoms with van der Waals surface area (Å²) < 4.78 is 15.1. The Labute approximate surface area is 140 Å². The third-order valence-electron chi connectivity index (χ3n) is 4.99. The van der Waals surface area contributed by atoms with Crippen LogP contribution in [0.3, 0.4) is 0 Å². The molecule has 0 N–H and O–H groups in total. The van der Waals surface area contributed by atoms with E-state index in [0.717, 1.165) is 43.0 Å². The van der Waals surface area contributed by atoms with Crippen LogP contribution in [0.4, 0.5) is 4.39 Å². The first-order valence-electron chi connectivity index (χ1n) is 8.37.